The van der Waals surface area contributed by atoms with Gasteiger partial charge in [-0.1, -0.05) is 115 Å². The van der Waals surface area contributed by atoms with Crippen LogP contribution in [0.15, 0.2) is 145 Å². The van der Waals surface area contributed by atoms with E-state index in [1.54, 1.807) is 0 Å². The number of aromatic nitrogens is 1. The molecule has 2 atom stereocenters. The van der Waals surface area contributed by atoms with Crippen molar-refractivity contribution in [1.82, 2.24) is 4.98 Å². The lowest BCUT2D eigenvalue weighted by molar-refractivity contribution is 0.603. The number of rotatable bonds is 4. The number of pyridine rings is 1. The average Bonchev–Trinajstić information content (AvgIpc) is 3.07. The molecule has 1 N–H and O–H groups in total. The molecule has 42 heavy (non-hydrogen) atoms. The number of fused-ring (bicyclic) bond motifs is 6. The Morgan fingerprint density at radius 2 is 1.31 bits per heavy atom. The van der Waals surface area contributed by atoms with Crippen molar-refractivity contribution in [2.75, 3.05) is 0 Å². The Morgan fingerprint density at radius 1 is 0.667 bits per heavy atom. The fourth-order valence-electron chi connectivity index (χ4n) is 6.92. The van der Waals surface area contributed by atoms with E-state index in [1.165, 1.54) is 38.0 Å². The van der Waals surface area contributed by atoms with Gasteiger partial charge in [0.25, 0.3) is 0 Å². The zero-order valence-electron chi connectivity index (χ0n) is 23.3. The van der Waals surface area contributed by atoms with Crippen LogP contribution in [0, 0.1) is 0 Å². The molecule has 0 radical (unpaired) electrons. The van der Waals surface area contributed by atoms with E-state index in [2.05, 4.69) is 134 Å². The minimum Gasteiger partial charge on any atom is -0.246 e. The van der Waals surface area contributed by atoms with Gasteiger partial charge in [0.1, 0.15) is 16.3 Å². The second-order valence-corrected chi connectivity index (χ2v) is 14.4. The number of benzene rings is 5. The first-order valence-electron chi connectivity index (χ1n) is 14.8. The number of hydrogen-bond acceptors (Lipinski definition) is 2. The maximum atomic E-state index is 12.8. The van der Waals surface area contributed by atoms with Gasteiger partial charge in [0.05, 0.1) is 11.0 Å². The fraction of sp³-hybridized carbons (Fsp3) is 0.103. The predicted molar refractivity (Wildman–Crippen MR) is 181 cm³/mol. The highest BCUT2D eigenvalue weighted by Gasteiger charge is 2.50. The van der Waals surface area contributed by atoms with Crippen molar-refractivity contribution >= 4 is 61.7 Å². The Bertz CT molecular complexity index is 2050. The smallest absolute Gasteiger partial charge is 0.209 e. The lowest BCUT2D eigenvalue weighted by Gasteiger charge is -2.30. The summed E-state index contributed by atoms with van der Waals surface area (Å²) in [5, 5.41) is 9.26. The van der Waals surface area contributed by atoms with Crippen LogP contribution in [-0.2, 0) is 0 Å². The van der Waals surface area contributed by atoms with Gasteiger partial charge in [-0.3, -0.25) is 0 Å². The molecule has 0 fully saturated rings. The topological polar surface area (TPSA) is 33.1 Å². The molecule has 5 aromatic carbocycles. The largest absolute Gasteiger partial charge is 0.246 e. The van der Waals surface area contributed by atoms with Gasteiger partial charge < -0.3 is 0 Å². The first kappa shape index (κ1) is 25.4. The lowest BCUT2D eigenvalue weighted by atomic mass is 9.90. The molecule has 0 saturated heterocycles. The van der Waals surface area contributed by atoms with E-state index in [0.29, 0.717) is 0 Å². The van der Waals surface area contributed by atoms with Crippen molar-refractivity contribution in [3.63, 3.8) is 0 Å². The SMILES string of the molecule is O[P+](C1=CC(c2c3ccc4ccccc4c3nc3c2ccc2ccccc23)=CCC1)(c1ccccc1)C1C=CC=CC1. The van der Waals surface area contributed by atoms with Gasteiger partial charge in [-0.05, 0) is 47.1 Å². The van der Waals surface area contributed by atoms with Crippen molar-refractivity contribution in [2.24, 2.45) is 0 Å². The van der Waals surface area contributed by atoms with Crippen molar-refractivity contribution in [2.45, 2.75) is 24.9 Å². The molecule has 2 nitrogen and oxygen atoms in total. The minimum absolute atomic E-state index is 0.0781. The summed E-state index contributed by atoms with van der Waals surface area (Å²) in [4.78, 5) is 18.2. The average molecular weight is 561 g/mol. The van der Waals surface area contributed by atoms with E-state index in [-0.39, 0.29) is 5.66 Å². The zero-order valence-corrected chi connectivity index (χ0v) is 24.2. The second kappa shape index (κ2) is 10.2. The van der Waals surface area contributed by atoms with Gasteiger partial charge in [0, 0.05) is 39.9 Å². The third-order valence-corrected chi connectivity index (χ3v) is 12.6. The highest BCUT2D eigenvalue weighted by atomic mass is 31.2. The molecule has 6 aromatic rings. The van der Waals surface area contributed by atoms with Crippen molar-refractivity contribution in [3.8, 4) is 0 Å². The van der Waals surface area contributed by atoms with Crippen LogP contribution in [0.4, 0.5) is 0 Å². The Kier molecular flexibility index (Phi) is 6.14. The van der Waals surface area contributed by atoms with Crippen LogP contribution in [0.25, 0.3) is 48.9 Å². The van der Waals surface area contributed by atoms with E-state index < -0.39 is 7.49 Å². The Morgan fingerprint density at radius 3 is 1.95 bits per heavy atom. The van der Waals surface area contributed by atoms with E-state index >= 15 is 0 Å². The van der Waals surface area contributed by atoms with Crippen LogP contribution in [0.5, 0.6) is 0 Å². The Balaban J connectivity index is 1.42. The quantitative estimate of drug-likeness (QED) is 0.132. The summed E-state index contributed by atoms with van der Waals surface area (Å²) in [6.45, 7) is 0. The Labute approximate surface area is 246 Å². The van der Waals surface area contributed by atoms with Gasteiger partial charge in [-0.15, -0.1) is 0 Å². The van der Waals surface area contributed by atoms with E-state index in [1.807, 2.05) is 6.07 Å². The molecule has 3 heteroatoms. The summed E-state index contributed by atoms with van der Waals surface area (Å²) < 4.78 is 0. The van der Waals surface area contributed by atoms with Crippen LogP contribution in [0.2, 0.25) is 0 Å². The van der Waals surface area contributed by atoms with Crippen molar-refractivity contribution < 1.29 is 4.89 Å². The molecule has 0 bridgehead atoms. The number of nitrogens with zero attached hydrogens (tertiary/aromatic N) is 1. The molecule has 2 aliphatic carbocycles. The molecule has 0 aliphatic heterocycles. The standard InChI is InChI=1S/C39H31NOP/c41-42(30-15-3-1-4-16-30,31-17-5-2-6-18-31)32-19-11-14-29(26-32)37-35-24-22-27-12-7-9-20-33(27)38(35)40-39-34-21-10-8-13-28(34)23-25-36(37)39/h1-10,12-17,20-26,31,41H,11,18-19H2/q+1. The molecular formula is C39H31NOP+. The first-order valence-corrected chi connectivity index (χ1v) is 16.6. The number of hydrogen-bond donors (Lipinski definition) is 1. The molecule has 2 unspecified atom stereocenters. The molecule has 8 rings (SSSR count). The maximum Gasteiger partial charge on any atom is 0.209 e. The molecule has 1 aromatic heterocycles. The number of allylic oxidation sites excluding steroid dienone is 8. The molecule has 0 amide bonds. The van der Waals surface area contributed by atoms with Crippen molar-refractivity contribution in [1.29, 1.82) is 0 Å². The molecule has 0 saturated carbocycles. The third-order valence-electron chi connectivity index (χ3n) is 8.96. The Hall–Kier alpha value is -4.36. The van der Waals surface area contributed by atoms with Crippen LogP contribution in [-0.4, -0.2) is 15.5 Å². The highest BCUT2D eigenvalue weighted by Crippen LogP contribution is 2.68. The van der Waals surface area contributed by atoms with Gasteiger partial charge in [0.15, 0.2) is 0 Å². The summed E-state index contributed by atoms with van der Waals surface area (Å²) in [5.41, 5.74) is 4.53. The summed E-state index contributed by atoms with van der Waals surface area (Å²) in [6.07, 6.45) is 15.9. The zero-order chi connectivity index (χ0) is 28.1. The lowest BCUT2D eigenvalue weighted by Crippen LogP contribution is -2.24. The van der Waals surface area contributed by atoms with E-state index in [4.69, 9.17) is 4.98 Å². The maximum absolute atomic E-state index is 12.8. The van der Waals surface area contributed by atoms with Crippen LogP contribution >= 0.6 is 7.49 Å². The summed E-state index contributed by atoms with van der Waals surface area (Å²) in [6, 6.07) is 36.4. The first-order chi connectivity index (χ1) is 20.7. The van der Waals surface area contributed by atoms with Gasteiger partial charge in [-0.2, -0.15) is 0 Å². The summed E-state index contributed by atoms with van der Waals surface area (Å²) >= 11 is 0. The van der Waals surface area contributed by atoms with E-state index in [9.17, 15) is 4.89 Å². The normalized spacial score (nSPS) is 18.4. The second-order valence-electron chi connectivity index (χ2n) is 11.3. The van der Waals surface area contributed by atoms with E-state index in [0.717, 1.165) is 46.4 Å². The van der Waals surface area contributed by atoms with Gasteiger partial charge >= 0.3 is 0 Å². The summed E-state index contributed by atoms with van der Waals surface area (Å²) in [7, 11) is -2.66. The molecular weight excluding hydrogens is 529 g/mol. The molecule has 2 aliphatic rings. The minimum atomic E-state index is -2.66. The third kappa shape index (κ3) is 3.98. The van der Waals surface area contributed by atoms with Crippen LogP contribution in [0.3, 0.4) is 0 Å². The van der Waals surface area contributed by atoms with Crippen molar-refractivity contribution in [3.05, 3.63) is 150 Å². The van der Waals surface area contributed by atoms with Gasteiger partial charge in [-0.25, -0.2) is 9.88 Å². The highest BCUT2D eigenvalue weighted by molar-refractivity contribution is 7.82. The fourth-order valence-corrected chi connectivity index (χ4v) is 10.3. The van der Waals surface area contributed by atoms with Crippen LogP contribution < -0.4 is 5.30 Å². The molecule has 1 heterocycles. The van der Waals surface area contributed by atoms with Crippen LogP contribution in [0.1, 0.15) is 24.8 Å². The van der Waals surface area contributed by atoms with Gasteiger partial charge in [0.2, 0.25) is 7.49 Å². The molecule has 0 spiro atoms. The monoisotopic (exact) mass is 560 g/mol. The summed E-state index contributed by atoms with van der Waals surface area (Å²) in [5.74, 6) is 0. The predicted octanol–water partition coefficient (Wildman–Crippen LogP) is 9.89. The molecule has 202 valence electrons.